The van der Waals surface area contributed by atoms with Gasteiger partial charge in [-0.3, -0.25) is 0 Å². The van der Waals surface area contributed by atoms with E-state index in [2.05, 4.69) is 33.1 Å². The molecule has 0 unspecified atom stereocenters. The highest BCUT2D eigenvalue weighted by molar-refractivity contribution is 9.10. The number of nitrogens with zero attached hydrogens (tertiary/aromatic N) is 5. The van der Waals surface area contributed by atoms with Gasteiger partial charge in [0.2, 0.25) is 0 Å². The molecule has 0 amide bonds. The first-order valence-corrected chi connectivity index (χ1v) is 11.1. The molecule has 0 spiro atoms. The number of nitrogens with two attached hydrogens (primary N) is 1. The number of rotatable bonds is 4. The fourth-order valence-corrected chi connectivity index (χ4v) is 4.48. The standard InChI is InChI=1S/C22H17BrN6S/c1-2-16-18(14-6-4-3-5-7-14)21-27-26-19(20(24)29(21)28-16)22-25-17(12-30-22)13-8-10-15(23)11-9-13/h3-12H,2,24H2,1H3. The Labute approximate surface area is 185 Å². The van der Waals surface area contributed by atoms with Crippen molar-refractivity contribution < 1.29 is 0 Å². The third-order valence-electron chi connectivity index (χ3n) is 4.89. The monoisotopic (exact) mass is 476 g/mol. The number of fused-ring (bicyclic) bond motifs is 1. The topological polar surface area (TPSA) is 82.0 Å². The smallest absolute Gasteiger partial charge is 0.187 e. The van der Waals surface area contributed by atoms with Crippen LogP contribution in [0, 0.1) is 0 Å². The Hall–Kier alpha value is -3.10. The summed E-state index contributed by atoms with van der Waals surface area (Å²) in [6.45, 7) is 2.07. The average molecular weight is 477 g/mol. The summed E-state index contributed by atoms with van der Waals surface area (Å²) < 4.78 is 2.71. The van der Waals surface area contributed by atoms with E-state index in [-0.39, 0.29) is 0 Å². The van der Waals surface area contributed by atoms with E-state index in [4.69, 9.17) is 15.8 Å². The quantitative estimate of drug-likeness (QED) is 0.370. The number of aryl methyl sites for hydroxylation is 1. The number of hydrogen-bond acceptors (Lipinski definition) is 6. The first-order chi connectivity index (χ1) is 14.7. The average Bonchev–Trinajstić information content (AvgIpc) is 3.40. The van der Waals surface area contributed by atoms with E-state index < -0.39 is 0 Å². The molecule has 30 heavy (non-hydrogen) atoms. The molecule has 0 saturated heterocycles. The second-order valence-electron chi connectivity index (χ2n) is 6.76. The molecule has 8 heteroatoms. The minimum atomic E-state index is 0.439. The van der Waals surface area contributed by atoms with Crippen LogP contribution >= 0.6 is 27.3 Å². The van der Waals surface area contributed by atoms with Crippen LogP contribution in [0.1, 0.15) is 12.6 Å². The van der Waals surface area contributed by atoms with Crippen LogP contribution < -0.4 is 5.73 Å². The van der Waals surface area contributed by atoms with Gasteiger partial charge >= 0.3 is 0 Å². The third kappa shape index (κ3) is 3.18. The van der Waals surface area contributed by atoms with Crippen molar-refractivity contribution in [2.75, 3.05) is 5.73 Å². The Morgan fingerprint density at radius 2 is 1.77 bits per heavy atom. The highest BCUT2D eigenvalue weighted by Gasteiger charge is 2.20. The lowest BCUT2D eigenvalue weighted by molar-refractivity contribution is 0.872. The molecule has 2 N–H and O–H groups in total. The molecule has 0 saturated carbocycles. The van der Waals surface area contributed by atoms with Crippen molar-refractivity contribution in [1.29, 1.82) is 0 Å². The molecule has 0 aliphatic carbocycles. The zero-order valence-electron chi connectivity index (χ0n) is 16.1. The zero-order chi connectivity index (χ0) is 20.7. The maximum atomic E-state index is 6.49. The summed E-state index contributed by atoms with van der Waals surface area (Å²) in [4.78, 5) is 4.74. The first kappa shape index (κ1) is 18.9. The van der Waals surface area contributed by atoms with Crippen LogP contribution in [-0.4, -0.2) is 24.8 Å². The van der Waals surface area contributed by atoms with Crippen molar-refractivity contribution >= 4 is 38.7 Å². The van der Waals surface area contributed by atoms with Gasteiger partial charge in [-0.05, 0) is 24.1 Å². The Bertz CT molecular complexity index is 1340. The predicted molar refractivity (Wildman–Crippen MR) is 124 cm³/mol. The van der Waals surface area contributed by atoms with Crippen molar-refractivity contribution in [1.82, 2.24) is 24.8 Å². The highest BCUT2D eigenvalue weighted by atomic mass is 79.9. The molecule has 3 aromatic heterocycles. The van der Waals surface area contributed by atoms with Crippen LogP contribution in [0.3, 0.4) is 0 Å². The van der Waals surface area contributed by atoms with Crippen molar-refractivity contribution in [2.45, 2.75) is 13.3 Å². The zero-order valence-corrected chi connectivity index (χ0v) is 18.5. The lowest BCUT2D eigenvalue weighted by atomic mass is 10.0. The maximum absolute atomic E-state index is 6.49. The van der Waals surface area contributed by atoms with Crippen molar-refractivity contribution in [3.05, 3.63) is 70.1 Å². The Morgan fingerprint density at radius 1 is 1.00 bits per heavy atom. The van der Waals surface area contributed by atoms with Gasteiger partial charge in [0.25, 0.3) is 0 Å². The van der Waals surface area contributed by atoms with Gasteiger partial charge in [-0.1, -0.05) is 65.3 Å². The first-order valence-electron chi connectivity index (χ1n) is 9.46. The fraction of sp³-hybridized carbons (Fsp3) is 0.0909. The molecule has 6 nitrogen and oxygen atoms in total. The van der Waals surface area contributed by atoms with E-state index in [1.54, 1.807) is 4.52 Å². The third-order valence-corrected chi connectivity index (χ3v) is 6.27. The van der Waals surface area contributed by atoms with Crippen LogP contribution in [0.5, 0.6) is 0 Å². The Morgan fingerprint density at radius 3 is 2.50 bits per heavy atom. The van der Waals surface area contributed by atoms with Crippen LogP contribution in [-0.2, 0) is 6.42 Å². The summed E-state index contributed by atoms with van der Waals surface area (Å²) in [5.41, 5.74) is 12.6. The molecule has 5 aromatic rings. The summed E-state index contributed by atoms with van der Waals surface area (Å²) in [6.07, 6.45) is 0.771. The van der Waals surface area contributed by atoms with Crippen molar-refractivity contribution in [2.24, 2.45) is 0 Å². The number of nitrogen functional groups attached to an aromatic ring is 1. The van der Waals surface area contributed by atoms with E-state index >= 15 is 0 Å². The van der Waals surface area contributed by atoms with Gasteiger partial charge in [0.1, 0.15) is 5.01 Å². The molecule has 0 aliphatic rings. The second kappa shape index (κ2) is 7.62. The van der Waals surface area contributed by atoms with Gasteiger partial charge in [0.15, 0.2) is 17.2 Å². The van der Waals surface area contributed by atoms with E-state index in [1.165, 1.54) is 11.3 Å². The van der Waals surface area contributed by atoms with E-state index in [0.29, 0.717) is 17.2 Å². The predicted octanol–water partition coefficient (Wildman–Crippen LogP) is 5.49. The molecule has 0 radical (unpaired) electrons. The van der Waals surface area contributed by atoms with E-state index in [1.807, 2.05) is 60.0 Å². The van der Waals surface area contributed by atoms with Gasteiger partial charge in [-0.15, -0.1) is 21.5 Å². The Balaban J connectivity index is 1.62. The number of benzene rings is 2. The second-order valence-corrected chi connectivity index (χ2v) is 8.53. The summed E-state index contributed by atoms with van der Waals surface area (Å²) in [5, 5.41) is 16.4. The number of thiazole rings is 1. The van der Waals surface area contributed by atoms with Crippen molar-refractivity contribution in [3.8, 4) is 33.1 Å². The molecule has 0 bridgehead atoms. The van der Waals surface area contributed by atoms with Crippen LogP contribution in [0.2, 0.25) is 0 Å². The van der Waals surface area contributed by atoms with Gasteiger partial charge in [-0.2, -0.15) is 9.61 Å². The molecule has 148 valence electrons. The molecule has 2 aromatic carbocycles. The van der Waals surface area contributed by atoms with Gasteiger partial charge in [-0.25, -0.2) is 4.98 Å². The molecule has 3 heterocycles. The van der Waals surface area contributed by atoms with Gasteiger partial charge < -0.3 is 5.73 Å². The summed E-state index contributed by atoms with van der Waals surface area (Å²) in [7, 11) is 0. The SMILES string of the molecule is CCc1nn2c(N)c(-c3nc(-c4ccc(Br)cc4)cs3)nnc2c1-c1ccccc1. The fourth-order valence-electron chi connectivity index (χ4n) is 3.40. The van der Waals surface area contributed by atoms with E-state index in [9.17, 15) is 0 Å². The number of aromatic nitrogens is 5. The van der Waals surface area contributed by atoms with E-state index in [0.717, 1.165) is 44.0 Å². The van der Waals surface area contributed by atoms with Crippen molar-refractivity contribution in [3.63, 3.8) is 0 Å². The summed E-state index contributed by atoms with van der Waals surface area (Å²) in [6, 6.07) is 18.1. The molecular formula is C22H17BrN6S. The van der Waals surface area contributed by atoms with Crippen LogP contribution in [0.25, 0.3) is 38.7 Å². The highest BCUT2D eigenvalue weighted by Crippen LogP contribution is 2.34. The summed E-state index contributed by atoms with van der Waals surface area (Å²) in [5.74, 6) is 0.439. The molecule has 0 aliphatic heterocycles. The van der Waals surface area contributed by atoms with Crippen LogP contribution in [0.15, 0.2) is 64.5 Å². The van der Waals surface area contributed by atoms with Crippen LogP contribution in [0.4, 0.5) is 5.82 Å². The number of halogens is 1. The van der Waals surface area contributed by atoms with Gasteiger partial charge in [0, 0.05) is 15.4 Å². The lowest BCUT2D eigenvalue weighted by Gasteiger charge is -2.04. The lowest BCUT2D eigenvalue weighted by Crippen LogP contribution is -2.05. The largest absolute Gasteiger partial charge is 0.382 e. The molecule has 5 rings (SSSR count). The normalized spacial score (nSPS) is 11.3. The number of hydrogen-bond donors (Lipinski definition) is 1. The number of anilines is 1. The minimum Gasteiger partial charge on any atom is -0.382 e. The van der Waals surface area contributed by atoms with Gasteiger partial charge in [0.05, 0.1) is 17.0 Å². The maximum Gasteiger partial charge on any atom is 0.187 e. The molecule has 0 fully saturated rings. The minimum absolute atomic E-state index is 0.439. The Kier molecular flexibility index (Phi) is 4.80. The molecule has 0 atom stereocenters. The summed E-state index contributed by atoms with van der Waals surface area (Å²) >= 11 is 4.95. The molecular weight excluding hydrogens is 460 g/mol.